The van der Waals surface area contributed by atoms with Gasteiger partial charge >= 0.3 is 0 Å². The fourth-order valence-electron chi connectivity index (χ4n) is 3.15. The molecular formula is C17H19N5OS. The maximum atomic E-state index is 12.5. The van der Waals surface area contributed by atoms with Gasteiger partial charge < -0.3 is 4.98 Å². The molecule has 24 heavy (non-hydrogen) atoms. The summed E-state index contributed by atoms with van der Waals surface area (Å²) < 4.78 is 2.00. The molecule has 0 aromatic carbocycles. The molecule has 4 heterocycles. The Hall–Kier alpha value is -2.25. The SMILES string of the molecule is CCn1nccc1CN1CCc2nc(-c3cccs3)[nH]c(=O)c2C1. The first-order chi connectivity index (χ1) is 11.7. The van der Waals surface area contributed by atoms with Crippen LogP contribution in [0.4, 0.5) is 0 Å². The minimum absolute atomic E-state index is 0.0166. The molecule has 3 aromatic heterocycles. The lowest BCUT2D eigenvalue weighted by molar-refractivity contribution is 0.234. The Kier molecular flexibility index (Phi) is 4.03. The van der Waals surface area contributed by atoms with Crippen LogP contribution in [0.3, 0.4) is 0 Å². The predicted molar refractivity (Wildman–Crippen MR) is 93.9 cm³/mol. The molecule has 0 amide bonds. The Morgan fingerprint density at radius 1 is 1.38 bits per heavy atom. The van der Waals surface area contributed by atoms with Gasteiger partial charge in [0.15, 0.2) is 5.82 Å². The molecule has 4 rings (SSSR count). The molecule has 1 aliphatic rings. The van der Waals surface area contributed by atoms with Gasteiger partial charge in [-0.2, -0.15) is 5.10 Å². The average molecular weight is 341 g/mol. The van der Waals surface area contributed by atoms with Crippen LogP contribution in [0.15, 0.2) is 34.6 Å². The summed E-state index contributed by atoms with van der Waals surface area (Å²) in [5.41, 5.74) is 2.89. The van der Waals surface area contributed by atoms with Crippen molar-refractivity contribution in [3.05, 3.63) is 57.1 Å². The summed E-state index contributed by atoms with van der Waals surface area (Å²) in [7, 11) is 0. The van der Waals surface area contributed by atoms with E-state index in [0.29, 0.717) is 12.4 Å². The topological polar surface area (TPSA) is 66.8 Å². The highest BCUT2D eigenvalue weighted by Crippen LogP contribution is 2.23. The summed E-state index contributed by atoms with van der Waals surface area (Å²) in [6.07, 6.45) is 2.64. The van der Waals surface area contributed by atoms with Crippen molar-refractivity contribution in [3.8, 4) is 10.7 Å². The van der Waals surface area contributed by atoms with Crippen molar-refractivity contribution < 1.29 is 0 Å². The van der Waals surface area contributed by atoms with E-state index in [1.807, 2.05) is 34.5 Å². The van der Waals surface area contributed by atoms with Crippen molar-refractivity contribution in [3.63, 3.8) is 0 Å². The van der Waals surface area contributed by atoms with E-state index in [-0.39, 0.29) is 5.56 Å². The molecule has 0 atom stereocenters. The molecule has 0 radical (unpaired) electrons. The summed E-state index contributed by atoms with van der Waals surface area (Å²) in [4.78, 5) is 23.4. The van der Waals surface area contributed by atoms with Gasteiger partial charge in [-0.3, -0.25) is 14.4 Å². The Bertz CT molecular complexity index is 896. The summed E-state index contributed by atoms with van der Waals surface area (Å²) in [6, 6.07) is 6.00. The highest BCUT2D eigenvalue weighted by molar-refractivity contribution is 7.13. The van der Waals surface area contributed by atoms with E-state index >= 15 is 0 Å². The zero-order valence-electron chi connectivity index (χ0n) is 13.5. The van der Waals surface area contributed by atoms with Crippen LogP contribution in [0.5, 0.6) is 0 Å². The Balaban J connectivity index is 1.58. The van der Waals surface area contributed by atoms with Gasteiger partial charge in [0, 0.05) is 38.8 Å². The zero-order chi connectivity index (χ0) is 16.5. The number of aromatic nitrogens is 4. The highest BCUT2D eigenvalue weighted by Gasteiger charge is 2.22. The van der Waals surface area contributed by atoms with Gasteiger partial charge in [0.25, 0.3) is 5.56 Å². The van der Waals surface area contributed by atoms with Crippen LogP contribution in [0, 0.1) is 0 Å². The largest absolute Gasteiger partial charge is 0.306 e. The number of hydrogen-bond acceptors (Lipinski definition) is 5. The van der Waals surface area contributed by atoms with Gasteiger partial charge in [0.2, 0.25) is 0 Å². The second-order valence-electron chi connectivity index (χ2n) is 5.92. The number of aromatic amines is 1. The third-order valence-electron chi connectivity index (χ3n) is 4.39. The fraction of sp³-hybridized carbons (Fsp3) is 0.353. The van der Waals surface area contributed by atoms with E-state index in [1.165, 1.54) is 5.69 Å². The van der Waals surface area contributed by atoms with Crippen molar-refractivity contribution >= 4 is 11.3 Å². The maximum absolute atomic E-state index is 12.5. The van der Waals surface area contributed by atoms with Crippen LogP contribution in [-0.2, 0) is 26.1 Å². The monoisotopic (exact) mass is 341 g/mol. The predicted octanol–water partition coefficient (Wildman–Crippen LogP) is 2.27. The van der Waals surface area contributed by atoms with Gasteiger partial charge in [0.05, 0.1) is 21.8 Å². The second kappa shape index (κ2) is 6.33. The van der Waals surface area contributed by atoms with Gasteiger partial charge in [-0.1, -0.05) is 6.07 Å². The van der Waals surface area contributed by atoms with E-state index in [1.54, 1.807) is 11.3 Å². The van der Waals surface area contributed by atoms with Crippen molar-refractivity contribution in [1.82, 2.24) is 24.6 Å². The molecule has 1 aliphatic heterocycles. The summed E-state index contributed by atoms with van der Waals surface area (Å²) in [6.45, 7) is 5.29. The fourth-order valence-corrected chi connectivity index (χ4v) is 3.82. The maximum Gasteiger partial charge on any atom is 0.255 e. The van der Waals surface area contributed by atoms with Crippen LogP contribution in [0.2, 0.25) is 0 Å². The van der Waals surface area contributed by atoms with Gasteiger partial charge in [-0.15, -0.1) is 11.3 Å². The molecule has 124 valence electrons. The van der Waals surface area contributed by atoms with Gasteiger partial charge in [-0.05, 0) is 24.4 Å². The summed E-state index contributed by atoms with van der Waals surface area (Å²) in [5.74, 6) is 0.686. The van der Waals surface area contributed by atoms with E-state index in [4.69, 9.17) is 4.98 Å². The van der Waals surface area contributed by atoms with Crippen molar-refractivity contribution in [2.24, 2.45) is 0 Å². The number of H-pyrrole nitrogens is 1. The van der Waals surface area contributed by atoms with Crippen molar-refractivity contribution in [2.45, 2.75) is 33.0 Å². The number of hydrogen-bond donors (Lipinski definition) is 1. The van der Waals surface area contributed by atoms with Gasteiger partial charge in [0.1, 0.15) is 0 Å². The molecule has 0 saturated carbocycles. The lowest BCUT2D eigenvalue weighted by Gasteiger charge is -2.27. The molecule has 1 N–H and O–H groups in total. The molecule has 7 heteroatoms. The van der Waals surface area contributed by atoms with E-state index < -0.39 is 0 Å². The lowest BCUT2D eigenvalue weighted by Crippen LogP contribution is -2.35. The molecule has 6 nitrogen and oxygen atoms in total. The Morgan fingerprint density at radius 2 is 2.29 bits per heavy atom. The molecule has 0 fully saturated rings. The number of thiophene rings is 1. The number of nitrogens with zero attached hydrogens (tertiary/aromatic N) is 4. The molecule has 0 bridgehead atoms. The molecule has 0 spiro atoms. The quantitative estimate of drug-likeness (QED) is 0.790. The number of nitrogens with one attached hydrogen (secondary N) is 1. The Morgan fingerprint density at radius 3 is 3.08 bits per heavy atom. The normalized spacial score (nSPS) is 14.7. The first-order valence-electron chi connectivity index (χ1n) is 8.13. The molecule has 3 aromatic rings. The van der Waals surface area contributed by atoms with E-state index in [9.17, 15) is 4.79 Å². The second-order valence-corrected chi connectivity index (χ2v) is 6.86. The Labute approximate surface area is 143 Å². The minimum Gasteiger partial charge on any atom is -0.306 e. The van der Waals surface area contributed by atoms with E-state index in [0.717, 1.165) is 42.2 Å². The summed E-state index contributed by atoms with van der Waals surface area (Å²) in [5, 5.41) is 6.31. The number of fused-ring (bicyclic) bond motifs is 1. The average Bonchev–Trinajstić information content (AvgIpc) is 3.26. The van der Waals surface area contributed by atoms with Crippen LogP contribution < -0.4 is 5.56 Å². The van der Waals surface area contributed by atoms with Crippen molar-refractivity contribution in [2.75, 3.05) is 6.54 Å². The smallest absolute Gasteiger partial charge is 0.255 e. The van der Waals surface area contributed by atoms with Crippen molar-refractivity contribution in [1.29, 1.82) is 0 Å². The van der Waals surface area contributed by atoms with Crippen LogP contribution >= 0.6 is 11.3 Å². The number of aryl methyl sites for hydroxylation is 1. The highest BCUT2D eigenvalue weighted by atomic mass is 32.1. The lowest BCUT2D eigenvalue weighted by atomic mass is 10.1. The van der Waals surface area contributed by atoms with Crippen LogP contribution in [-0.4, -0.2) is 31.2 Å². The summed E-state index contributed by atoms with van der Waals surface area (Å²) >= 11 is 1.59. The molecule has 0 saturated heterocycles. The first-order valence-corrected chi connectivity index (χ1v) is 9.01. The third-order valence-corrected chi connectivity index (χ3v) is 5.27. The molecule has 0 unspecified atom stereocenters. The third kappa shape index (κ3) is 2.81. The molecule has 0 aliphatic carbocycles. The van der Waals surface area contributed by atoms with Crippen LogP contribution in [0.25, 0.3) is 10.7 Å². The molecular weight excluding hydrogens is 322 g/mol. The standard InChI is InChI=1S/C17H19N5OS/c1-2-22-12(5-7-18-22)10-21-8-6-14-13(11-21)17(23)20-16(19-14)15-4-3-9-24-15/h3-5,7,9H,2,6,8,10-11H2,1H3,(H,19,20,23). The minimum atomic E-state index is -0.0166. The number of rotatable bonds is 4. The van der Waals surface area contributed by atoms with Gasteiger partial charge in [-0.25, -0.2) is 4.98 Å². The first kappa shape index (κ1) is 15.3. The zero-order valence-corrected chi connectivity index (χ0v) is 14.3. The van der Waals surface area contributed by atoms with E-state index in [2.05, 4.69) is 21.9 Å². The van der Waals surface area contributed by atoms with Crippen LogP contribution in [0.1, 0.15) is 23.9 Å².